The van der Waals surface area contributed by atoms with E-state index < -0.39 is 28.2 Å². The number of aliphatic hydroxyl groups is 1. The minimum atomic E-state index is -3.83. The average molecular weight is 399 g/mol. The van der Waals surface area contributed by atoms with Gasteiger partial charge >= 0.3 is 0 Å². The summed E-state index contributed by atoms with van der Waals surface area (Å²) in [5, 5.41) is 13.3. The van der Waals surface area contributed by atoms with Crippen molar-refractivity contribution in [3.63, 3.8) is 0 Å². The van der Waals surface area contributed by atoms with Gasteiger partial charge in [0.15, 0.2) is 5.03 Å². The molecule has 1 aromatic rings. The summed E-state index contributed by atoms with van der Waals surface area (Å²) >= 11 is 0. The molecule has 0 saturated carbocycles. The Morgan fingerprint density at radius 3 is 2.70 bits per heavy atom. The van der Waals surface area contributed by atoms with Gasteiger partial charge < -0.3 is 16.2 Å². The first-order valence-corrected chi connectivity index (χ1v) is 10.7. The lowest BCUT2D eigenvalue weighted by Gasteiger charge is -2.28. The Morgan fingerprint density at radius 1 is 1.41 bits per heavy atom. The van der Waals surface area contributed by atoms with E-state index in [1.54, 1.807) is 19.1 Å². The lowest BCUT2D eigenvalue weighted by atomic mass is 10.0. The van der Waals surface area contributed by atoms with Crippen LogP contribution in [-0.2, 0) is 14.8 Å². The Balaban J connectivity index is 2.12. The van der Waals surface area contributed by atoms with Crippen LogP contribution in [0.2, 0.25) is 0 Å². The van der Waals surface area contributed by atoms with E-state index in [1.807, 2.05) is 13.8 Å². The van der Waals surface area contributed by atoms with Crippen LogP contribution < -0.4 is 11.1 Å². The zero-order chi connectivity index (χ0) is 20.2. The minimum Gasteiger partial charge on any atom is -0.390 e. The molecule has 1 aromatic heterocycles. The molecule has 0 radical (unpaired) electrons. The maximum atomic E-state index is 12.9. The molecular weight excluding hydrogens is 368 g/mol. The van der Waals surface area contributed by atoms with Crippen LogP contribution in [0.3, 0.4) is 0 Å². The number of amides is 1. The van der Waals surface area contributed by atoms with E-state index in [0.717, 1.165) is 0 Å². The fourth-order valence-corrected chi connectivity index (χ4v) is 4.89. The van der Waals surface area contributed by atoms with Crippen LogP contribution in [-0.4, -0.2) is 59.5 Å². The molecule has 4 atom stereocenters. The number of aliphatic hydroxyl groups excluding tert-OH is 1. The minimum absolute atomic E-state index is 0.0505. The molecule has 4 N–H and O–H groups in total. The molecular formula is C18H30N4O4S. The van der Waals surface area contributed by atoms with Crippen molar-refractivity contribution < 1.29 is 18.3 Å². The highest BCUT2D eigenvalue weighted by Gasteiger charge is 2.37. The summed E-state index contributed by atoms with van der Waals surface area (Å²) in [4.78, 5) is 16.2. The fraction of sp³-hybridized carbons (Fsp3) is 0.667. The summed E-state index contributed by atoms with van der Waals surface area (Å²) < 4.78 is 27.1. The summed E-state index contributed by atoms with van der Waals surface area (Å²) in [6.07, 6.45) is 1.92. The number of pyridine rings is 1. The lowest BCUT2D eigenvalue weighted by molar-refractivity contribution is -0.124. The first kappa shape index (κ1) is 21.7. The quantitative estimate of drug-likeness (QED) is 0.640. The van der Waals surface area contributed by atoms with Gasteiger partial charge in [0.2, 0.25) is 5.91 Å². The molecule has 1 fully saturated rings. The number of rotatable bonds is 6. The van der Waals surface area contributed by atoms with Crippen LogP contribution in [0.1, 0.15) is 40.0 Å². The molecule has 8 nitrogen and oxygen atoms in total. The number of hydrogen-bond donors (Lipinski definition) is 3. The summed E-state index contributed by atoms with van der Waals surface area (Å²) in [5.41, 5.74) is 5.91. The highest BCUT2D eigenvalue weighted by Crippen LogP contribution is 2.24. The molecule has 0 unspecified atom stereocenters. The van der Waals surface area contributed by atoms with E-state index in [1.165, 1.54) is 16.6 Å². The number of nitrogens with zero attached hydrogens (tertiary/aromatic N) is 2. The molecule has 1 saturated heterocycles. The molecule has 9 heteroatoms. The van der Waals surface area contributed by atoms with Gasteiger partial charge in [-0.2, -0.15) is 4.31 Å². The van der Waals surface area contributed by atoms with Crippen LogP contribution in [0.15, 0.2) is 29.4 Å². The SMILES string of the molecule is CC(C)C[C@H](N)C(=O)N[C@H]1CC[C@H](C)N(S(=O)(=O)c2ccccn2)C[C@@H]1O. The van der Waals surface area contributed by atoms with Gasteiger partial charge in [0.25, 0.3) is 10.0 Å². The van der Waals surface area contributed by atoms with Gasteiger partial charge in [-0.25, -0.2) is 13.4 Å². The summed E-state index contributed by atoms with van der Waals surface area (Å²) in [5.74, 6) is -0.0368. The highest BCUT2D eigenvalue weighted by molar-refractivity contribution is 7.89. The van der Waals surface area contributed by atoms with Crippen LogP contribution in [0.25, 0.3) is 0 Å². The second kappa shape index (κ2) is 9.09. The van der Waals surface area contributed by atoms with Gasteiger partial charge in [-0.1, -0.05) is 19.9 Å². The van der Waals surface area contributed by atoms with Crippen molar-refractivity contribution in [1.82, 2.24) is 14.6 Å². The number of β-amino-alcohol motifs (C(OH)–C–C–N with tert-alkyl or cyclic N) is 1. The predicted molar refractivity (Wildman–Crippen MR) is 102 cm³/mol. The number of nitrogens with two attached hydrogens (primary N) is 1. The average Bonchev–Trinajstić information content (AvgIpc) is 2.75. The second-order valence-corrected chi connectivity index (χ2v) is 9.42. The maximum absolute atomic E-state index is 12.9. The third-order valence-corrected chi connectivity index (χ3v) is 6.72. The highest BCUT2D eigenvalue weighted by atomic mass is 32.2. The molecule has 1 aliphatic heterocycles. The molecule has 2 rings (SSSR count). The van der Waals surface area contributed by atoms with Crippen molar-refractivity contribution >= 4 is 15.9 Å². The second-order valence-electron chi connectivity index (χ2n) is 7.59. The fourth-order valence-electron chi connectivity index (χ4n) is 3.28. The van der Waals surface area contributed by atoms with Gasteiger partial charge in [-0.05, 0) is 44.2 Å². The number of carbonyl (C=O) groups excluding carboxylic acids is 1. The summed E-state index contributed by atoms with van der Waals surface area (Å²) in [6.45, 7) is 5.65. The van der Waals surface area contributed by atoms with E-state index in [-0.39, 0.29) is 29.4 Å². The Hall–Kier alpha value is -1.55. The first-order chi connectivity index (χ1) is 12.6. The van der Waals surface area contributed by atoms with Crippen molar-refractivity contribution in [2.24, 2.45) is 11.7 Å². The first-order valence-electron chi connectivity index (χ1n) is 9.29. The summed E-state index contributed by atoms with van der Waals surface area (Å²) in [6, 6.07) is 3.18. The molecule has 152 valence electrons. The van der Waals surface area contributed by atoms with Crippen molar-refractivity contribution in [2.75, 3.05) is 6.54 Å². The van der Waals surface area contributed by atoms with Crippen molar-refractivity contribution in [2.45, 2.75) is 69.3 Å². The summed E-state index contributed by atoms with van der Waals surface area (Å²) in [7, 11) is -3.83. The topological polar surface area (TPSA) is 126 Å². The molecule has 2 heterocycles. The van der Waals surface area contributed by atoms with Crippen molar-refractivity contribution in [3.8, 4) is 0 Å². The third-order valence-electron chi connectivity index (χ3n) is 4.82. The van der Waals surface area contributed by atoms with E-state index >= 15 is 0 Å². The monoisotopic (exact) mass is 398 g/mol. The van der Waals surface area contributed by atoms with Gasteiger partial charge in [0, 0.05) is 18.8 Å². The van der Waals surface area contributed by atoms with Gasteiger partial charge in [-0.3, -0.25) is 4.79 Å². The molecule has 0 bridgehead atoms. The number of hydrogen-bond acceptors (Lipinski definition) is 6. The van der Waals surface area contributed by atoms with Crippen LogP contribution in [0.5, 0.6) is 0 Å². The molecule has 1 aliphatic rings. The smallest absolute Gasteiger partial charge is 0.260 e. The van der Waals surface area contributed by atoms with Crippen LogP contribution in [0, 0.1) is 5.92 Å². The number of aromatic nitrogens is 1. The van der Waals surface area contributed by atoms with E-state index in [0.29, 0.717) is 19.3 Å². The molecule has 0 aromatic carbocycles. The van der Waals surface area contributed by atoms with Gasteiger partial charge in [0.1, 0.15) is 0 Å². The molecule has 0 spiro atoms. The number of nitrogens with one attached hydrogen (secondary N) is 1. The molecule has 27 heavy (non-hydrogen) atoms. The molecule has 1 amide bonds. The zero-order valence-electron chi connectivity index (χ0n) is 16.1. The third kappa shape index (κ3) is 5.47. The van der Waals surface area contributed by atoms with Gasteiger partial charge in [-0.15, -0.1) is 0 Å². The number of sulfonamides is 1. The Kier molecular flexibility index (Phi) is 7.32. The largest absolute Gasteiger partial charge is 0.390 e. The molecule has 0 aliphatic carbocycles. The van der Waals surface area contributed by atoms with Crippen molar-refractivity contribution in [3.05, 3.63) is 24.4 Å². The van der Waals surface area contributed by atoms with Crippen LogP contribution >= 0.6 is 0 Å². The number of carbonyl (C=O) groups is 1. The normalized spacial score (nSPS) is 25.8. The Bertz CT molecular complexity index is 726. The Morgan fingerprint density at radius 2 is 2.11 bits per heavy atom. The zero-order valence-corrected chi connectivity index (χ0v) is 16.9. The van der Waals surface area contributed by atoms with E-state index in [2.05, 4.69) is 10.3 Å². The Labute approximate surface area is 161 Å². The van der Waals surface area contributed by atoms with Gasteiger partial charge in [0.05, 0.1) is 18.2 Å². The van der Waals surface area contributed by atoms with E-state index in [9.17, 15) is 18.3 Å². The predicted octanol–water partition coefficient (Wildman–Crippen LogP) is 0.474. The van der Waals surface area contributed by atoms with E-state index in [4.69, 9.17) is 5.73 Å². The standard InChI is InChI=1S/C18H30N4O4S/c1-12(2)10-14(19)18(24)21-15-8-7-13(3)22(11-16(15)23)27(25,26)17-6-4-5-9-20-17/h4-6,9,12-16,23H,7-8,10-11,19H2,1-3H3,(H,21,24)/t13-,14-,15-,16-/m0/s1. The lowest BCUT2D eigenvalue weighted by Crippen LogP contribution is -2.52. The van der Waals surface area contributed by atoms with Crippen LogP contribution in [0.4, 0.5) is 0 Å². The van der Waals surface area contributed by atoms with Crippen molar-refractivity contribution in [1.29, 1.82) is 0 Å². The maximum Gasteiger partial charge on any atom is 0.260 e.